The van der Waals surface area contributed by atoms with Gasteiger partial charge in [-0.05, 0) is 26.0 Å². The van der Waals surface area contributed by atoms with Crippen LogP contribution in [0.1, 0.15) is 20.3 Å². The summed E-state index contributed by atoms with van der Waals surface area (Å²) in [5, 5.41) is 13.5. The van der Waals surface area contributed by atoms with Crippen LogP contribution in [0.2, 0.25) is 15.1 Å². The number of amidine groups is 1. The topological polar surface area (TPSA) is 82.9 Å². The molecule has 1 aromatic rings. The molecule has 0 aliphatic carbocycles. The van der Waals surface area contributed by atoms with Crippen LogP contribution in [0.25, 0.3) is 0 Å². The molecule has 2 rings (SSSR count). The monoisotopic (exact) mass is 406 g/mol. The zero-order chi connectivity index (χ0) is 17.9. The van der Waals surface area contributed by atoms with Crippen LogP contribution in [0.4, 0.5) is 5.69 Å². The zero-order valence-corrected chi connectivity index (χ0v) is 15.8. The molecule has 0 saturated carbocycles. The molecular formula is C14H13Cl3N4O2S. The molecule has 1 unspecified atom stereocenters. The van der Waals surface area contributed by atoms with E-state index < -0.39 is 5.25 Å². The van der Waals surface area contributed by atoms with Crippen LogP contribution in [0.15, 0.2) is 22.3 Å². The maximum Gasteiger partial charge on any atom is 0.240 e. The van der Waals surface area contributed by atoms with Crippen molar-refractivity contribution in [3.63, 3.8) is 0 Å². The molecule has 1 atom stereocenters. The van der Waals surface area contributed by atoms with E-state index in [4.69, 9.17) is 34.8 Å². The number of halogens is 3. The van der Waals surface area contributed by atoms with Crippen molar-refractivity contribution in [3.05, 3.63) is 27.2 Å². The van der Waals surface area contributed by atoms with Gasteiger partial charge in [0, 0.05) is 17.8 Å². The number of nitrogens with zero attached hydrogens (tertiary/aromatic N) is 2. The molecule has 1 aliphatic heterocycles. The lowest BCUT2D eigenvalue weighted by molar-refractivity contribution is -0.122. The van der Waals surface area contributed by atoms with E-state index in [1.807, 2.05) is 0 Å². The third-order valence-electron chi connectivity index (χ3n) is 2.76. The predicted molar refractivity (Wildman–Crippen MR) is 100 cm³/mol. The van der Waals surface area contributed by atoms with Crippen molar-refractivity contribution in [3.8, 4) is 0 Å². The fourth-order valence-corrected chi connectivity index (χ4v) is 3.25. The number of thioether (sulfide) groups is 1. The van der Waals surface area contributed by atoms with E-state index in [2.05, 4.69) is 20.8 Å². The van der Waals surface area contributed by atoms with Gasteiger partial charge in [0.15, 0.2) is 5.17 Å². The third-order valence-corrected chi connectivity index (χ3v) is 5.02. The van der Waals surface area contributed by atoms with Gasteiger partial charge in [-0.25, -0.2) is 0 Å². The molecule has 128 valence electrons. The number of benzene rings is 1. The largest absolute Gasteiger partial charge is 0.326 e. The summed E-state index contributed by atoms with van der Waals surface area (Å²) in [6, 6.07) is 2.97. The highest BCUT2D eigenvalue weighted by Gasteiger charge is 2.32. The van der Waals surface area contributed by atoms with Crippen molar-refractivity contribution >= 4 is 74.9 Å². The SMILES string of the molecule is CC(C)=N/N=C1\NC(=O)C(CC(=O)Nc2cc(Cl)c(Cl)c(Cl)c2)S1. The van der Waals surface area contributed by atoms with E-state index in [1.54, 1.807) is 13.8 Å². The lowest BCUT2D eigenvalue weighted by atomic mass is 10.2. The Kier molecular flexibility index (Phi) is 6.51. The number of carbonyl (C=O) groups excluding carboxylic acids is 2. The van der Waals surface area contributed by atoms with Crippen molar-refractivity contribution in [1.29, 1.82) is 0 Å². The van der Waals surface area contributed by atoms with Gasteiger partial charge in [0.2, 0.25) is 11.8 Å². The van der Waals surface area contributed by atoms with E-state index in [1.165, 1.54) is 12.1 Å². The lowest BCUT2D eigenvalue weighted by Crippen LogP contribution is -2.28. The first-order valence-electron chi connectivity index (χ1n) is 6.77. The van der Waals surface area contributed by atoms with Gasteiger partial charge in [-0.3, -0.25) is 9.59 Å². The summed E-state index contributed by atoms with van der Waals surface area (Å²) in [4.78, 5) is 24.0. The van der Waals surface area contributed by atoms with Gasteiger partial charge in [0.05, 0.1) is 15.1 Å². The Bertz CT molecular complexity index is 725. The molecule has 1 aromatic carbocycles. The smallest absolute Gasteiger partial charge is 0.240 e. The molecule has 0 spiro atoms. The minimum absolute atomic E-state index is 0.0256. The van der Waals surface area contributed by atoms with Gasteiger partial charge in [0.25, 0.3) is 0 Å². The summed E-state index contributed by atoms with van der Waals surface area (Å²) in [6.45, 7) is 3.58. The molecule has 6 nitrogen and oxygen atoms in total. The average Bonchev–Trinajstić information content (AvgIpc) is 2.82. The van der Waals surface area contributed by atoms with E-state index in [0.717, 1.165) is 17.5 Å². The first-order valence-corrected chi connectivity index (χ1v) is 8.78. The molecular weight excluding hydrogens is 395 g/mol. The highest BCUT2D eigenvalue weighted by Crippen LogP contribution is 2.33. The van der Waals surface area contributed by atoms with Crippen molar-refractivity contribution in [2.24, 2.45) is 10.2 Å². The second-order valence-corrected chi connectivity index (χ2v) is 7.44. The quantitative estimate of drug-likeness (QED) is 0.450. The molecule has 0 bridgehead atoms. The second kappa shape index (κ2) is 8.20. The Balaban J connectivity index is 1.99. The Morgan fingerprint density at radius 1 is 1.29 bits per heavy atom. The van der Waals surface area contributed by atoms with Crippen molar-refractivity contribution < 1.29 is 9.59 Å². The van der Waals surface area contributed by atoms with E-state index in [9.17, 15) is 9.59 Å². The van der Waals surface area contributed by atoms with Crippen LogP contribution in [0.3, 0.4) is 0 Å². The van der Waals surface area contributed by atoms with E-state index >= 15 is 0 Å². The predicted octanol–water partition coefficient (Wildman–Crippen LogP) is 3.96. The summed E-state index contributed by atoms with van der Waals surface area (Å²) in [5.74, 6) is -0.640. The summed E-state index contributed by atoms with van der Waals surface area (Å²) >= 11 is 18.8. The normalized spacial score (nSPS) is 18.5. The van der Waals surface area contributed by atoms with Crippen molar-refractivity contribution in [1.82, 2.24) is 5.32 Å². The van der Waals surface area contributed by atoms with Crippen LogP contribution in [-0.2, 0) is 9.59 Å². The zero-order valence-electron chi connectivity index (χ0n) is 12.7. The average molecular weight is 408 g/mol. The molecule has 1 aliphatic rings. The van der Waals surface area contributed by atoms with Gasteiger partial charge < -0.3 is 10.6 Å². The van der Waals surface area contributed by atoms with Gasteiger partial charge in [-0.1, -0.05) is 46.6 Å². The summed E-state index contributed by atoms with van der Waals surface area (Å²) < 4.78 is 0. The van der Waals surface area contributed by atoms with Crippen LogP contribution in [0, 0.1) is 0 Å². The highest BCUT2D eigenvalue weighted by molar-refractivity contribution is 8.15. The Morgan fingerprint density at radius 2 is 1.92 bits per heavy atom. The fourth-order valence-electron chi connectivity index (χ4n) is 1.74. The molecule has 0 radical (unpaired) electrons. The number of anilines is 1. The van der Waals surface area contributed by atoms with E-state index in [-0.39, 0.29) is 33.3 Å². The van der Waals surface area contributed by atoms with Crippen LogP contribution < -0.4 is 10.6 Å². The molecule has 0 aromatic heterocycles. The van der Waals surface area contributed by atoms with Crippen LogP contribution in [0.5, 0.6) is 0 Å². The molecule has 1 fully saturated rings. The maximum absolute atomic E-state index is 12.1. The highest BCUT2D eigenvalue weighted by atomic mass is 35.5. The number of carbonyl (C=O) groups is 2. The molecule has 2 amide bonds. The molecule has 24 heavy (non-hydrogen) atoms. The van der Waals surface area contributed by atoms with Crippen molar-refractivity contribution in [2.45, 2.75) is 25.5 Å². The second-order valence-electron chi connectivity index (χ2n) is 5.05. The lowest BCUT2D eigenvalue weighted by Gasteiger charge is -2.09. The minimum atomic E-state index is -0.575. The van der Waals surface area contributed by atoms with E-state index in [0.29, 0.717) is 10.9 Å². The molecule has 1 heterocycles. The standard InChI is InChI=1S/C14H13Cl3N4O2S/c1-6(2)20-21-14-19-13(23)10(24-14)5-11(22)18-7-3-8(15)12(17)9(16)4-7/h3-4,10H,5H2,1-2H3,(H,18,22)(H,19,21,23). The number of nitrogens with one attached hydrogen (secondary N) is 2. The summed E-state index contributed by atoms with van der Waals surface area (Å²) in [6.07, 6.45) is -0.0256. The van der Waals surface area contributed by atoms with Gasteiger partial charge in [-0.2, -0.15) is 5.10 Å². The number of hydrogen-bond acceptors (Lipinski definition) is 5. The maximum atomic E-state index is 12.1. The summed E-state index contributed by atoms with van der Waals surface area (Å²) in [5.41, 5.74) is 1.16. The molecule has 10 heteroatoms. The molecule has 2 N–H and O–H groups in total. The Hall–Kier alpha value is -1.28. The number of amides is 2. The van der Waals surface area contributed by atoms with Gasteiger partial charge in [0.1, 0.15) is 5.25 Å². The van der Waals surface area contributed by atoms with Gasteiger partial charge >= 0.3 is 0 Å². The van der Waals surface area contributed by atoms with Crippen molar-refractivity contribution in [2.75, 3.05) is 5.32 Å². The van der Waals surface area contributed by atoms with Gasteiger partial charge in [-0.15, -0.1) is 5.10 Å². The Morgan fingerprint density at radius 3 is 2.50 bits per heavy atom. The van der Waals surface area contributed by atoms with Crippen LogP contribution >= 0.6 is 46.6 Å². The Labute approximate surface area is 158 Å². The molecule has 1 saturated heterocycles. The number of rotatable bonds is 4. The summed E-state index contributed by atoms with van der Waals surface area (Å²) in [7, 11) is 0. The minimum Gasteiger partial charge on any atom is -0.326 e. The first kappa shape index (κ1) is 19.1. The number of hydrogen-bond donors (Lipinski definition) is 2. The third kappa shape index (κ3) is 5.11. The van der Waals surface area contributed by atoms with Crippen LogP contribution in [-0.4, -0.2) is 27.9 Å². The fraction of sp³-hybridized carbons (Fsp3) is 0.286. The first-order chi connectivity index (χ1) is 11.3.